The van der Waals surface area contributed by atoms with Gasteiger partial charge in [-0.25, -0.2) is 9.59 Å². The van der Waals surface area contributed by atoms with Crippen molar-refractivity contribution in [2.75, 3.05) is 18.5 Å². The molecule has 0 spiro atoms. The average Bonchev–Trinajstić information content (AvgIpc) is 2.35. The van der Waals surface area contributed by atoms with Gasteiger partial charge in [0.1, 0.15) is 5.75 Å². The summed E-state index contributed by atoms with van der Waals surface area (Å²) in [6.07, 6.45) is -5.84. The molecule has 0 unspecified atom stereocenters. The monoisotopic (exact) mass is 293 g/mol. The summed E-state index contributed by atoms with van der Waals surface area (Å²) in [5.74, 6) is -0.912. The Labute approximate surface area is 111 Å². The molecule has 6 nitrogen and oxygen atoms in total. The van der Waals surface area contributed by atoms with E-state index in [1.807, 2.05) is 0 Å². The molecule has 2 N–H and O–H groups in total. The largest absolute Gasteiger partial charge is 0.482 e. The van der Waals surface area contributed by atoms with Crippen LogP contribution in [0.1, 0.15) is 0 Å². The molecule has 1 aromatic rings. The van der Waals surface area contributed by atoms with Crippen molar-refractivity contribution in [3.8, 4) is 5.75 Å². The Morgan fingerprint density at radius 3 is 2.30 bits per heavy atom. The van der Waals surface area contributed by atoms with Crippen LogP contribution in [0.2, 0.25) is 0 Å². The number of ether oxygens (including phenoxy) is 2. The molecule has 0 aliphatic heterocycles. The molecule has 0 aliphatic carbocycles. The number of alkyl halides is 3. The molecule has 0 saturated carbocycles. The Balaban J connectivity index is 2.44. The first-order chi connectivity index (χ1) is 9.26. The third kappa shape index (κ3) is 6.47. The number of benzene rings is 1. The summed E-state index contributed by atoms with van der Waals surface area (Å²) in [7, 11) is 0. The number of carboxylic acid groups (broad SMARTS) is 1. The van der Waals surface area contributed by atoms with Crippen molar-refractivity contribution in [3.63, 3.8) is 0 Å². The normalized spacial score (nSPS) is 10.8. The Kier molecular flexibility index (Phi) is 5.18. The Hall–Kier alpha value is -2.45. The van der Waals surface area contributed by atoms with Crippen LogP contribution in [0.15, 0.2) is 24.3 Å². The van der Waals surface area contributed by atoms with Crippen LogP contribution in [0.5, 0.6) is 5.75 Å². The van der Waals surface area contributed by atoms with Crippen LogP contribution in [0.4, 0.5) is 23.7 Å². The average molecular weight is 293 g/mol. The van der Waals surface area contributed by atoms with E-state index in [2.05, 4.69) is 10.1 Å². The summed E-state index contributed by atoms with van der Waals surface area (Å²) in [4.78, 5) is 21.3. The maximum Gasteiger partial charge on any atom is 0.422 e. The van der Waals surface area contributed by atoms with Gasteiger partial charge in [-0.3, -0.25) is 5.32 Å². The molecule has 0 fully saturated rings. The molecule has 9 heteroatoms. The standard InChI is InChI=1S/C11H10F3NO5/c12-11(13,14)6-20-10(18)15-7-1-3-8(4-2-7)19-5-9(16)17/h1-4H,5-6H2,(H,15,18)(H,16,17). The Morgan fingerprint density at radius 1 is 1.20 bits per heavy atom. The van der Waals surface area contributed by atoms with Gasteiger partial charge >= 0.3 is 18.2 Å². The number of nitrogens with one attached hydrogen (secondary N) is 1. The summed E-state index contributed by atoms with van der Waals surface area (Å²) in [6.45, 7) is -2.21. The lowest BCUT2D eigenvalue weighted by molar-refractivity contribution is -0.159. The first-order valence-electron chi connectivity index (χ1n) is 5.21. The van der Waals surface area contributed by atoms with Gasteiger partial charge in [-0.05, 0) is 24.3 Å². The molecule has 0 aliphatic rings. The lowest BCUT2D eigenvalue weighted by Crippen LogP contribution is -2.23. The van der Waals surface area contributed by atoms with E-state index < -0.39 is 31.5 Å². The number of carbonyl (C=O) groups excluding carboxylic acids is 1. The minimum Gasteiger partial charge on any atom is -0.482 e. The number of hydrogen-bond donors (Lipinski definition) is 2. The van der Waals surface area contributed by atoms with Crippen LogP contribution in [-0.2, 0) is 9.53 Å². The predicted octanol–water partition coefficient (Wildman–Crippen LogP) is 2.26. The zero-order valence-electron chi connectivity index (χ0n) is 9.94. The van der Waals surface area contributed by atoms with E-state index in [0.29, 0.717) is 0 Å². The topological polar surface area (TPSA) is 84.9 Å². The number of carboxylic acids is 1. The van der Waals surface area contributed by atoms with Gasteiger partial charge in [0.25, 0.3) is 0 Å². The van der Waals surface area contributed by atoms with Crippen molar-refractivity contribution in [2.45, 2.75) is 6.18 Å². The number of halogens is 3. The Bertz CT molecular complexity index is 472. The number of anilines is 1. The second kappa shape index (κ2) is 6.64. The van der Waals surface area contributed by atoms with Crippen molar-refractivity contribution in [1.29, 1.82) is 0 Å². The molecule has 1 amide bonds. The molecule has 0 atom stereocenters. The SMILES string of the molecule is O=C(O)COc1ccc(NC(=O)OCC(F)(F)F)cc1. The van der Waals surface area contributed by atoms with Gasteiger partial charge in [-0.15, -0.1) is 0 Å². The van der Waals surface area contributed by atoms with E-state index in [4.69, 9.17) is 9.84 Å². The van der Waals surface area contributed by atoms with E-state index in [-0.39, 0.29) is 11.4 Å². The third-order valence-electron chi connectivity index (χ3n) is 1.83. The van der Waals surface area contributed by atoms with Crippen LogP contribution in [0.3, 0.4) is 0 Å². The number of amides is 1. The minimum absolute atomic E-state index is 0.180. The Morgan fingerprint density at radius 2 is 1.80 bits per heavy atom. The molecule has 0 heterocycles. The summed E-state index contributed by atoms with van der Waals surface area (Å²) in [6, 6.07) is 5.35. The lowest BCUT2D eigenvalue weighted by atomic mass is 10.3. The van der Waals surface area contributed by atoms with E-state index >= 15 is 0 Å². The van der Waals surface area contributed by atoms with E-state index in [9.17, 15) is 22.8 Å². The predicted molar refractivity (Wildman–Crippen MR) is 60.6 cm³/mol. The highest BCUT2D eigenvalue weighted by Gasteiger charge is 2.29. The van der Waals surface area contributed by atoms with Crippen molar-refractivity contribution < 1.29 is 37.3 Å². The van der Waals surface area contributed by atoms with Crippen molar-refractivity contribution in [2.24, 2.45) is 0 Å². The van der Waals surface area contributed by atoms with Gasteiger partial charge in [-0.1, -0.05) is 0 Å². The zero-order chi connectivity index (χ0) is 15.2. The van der Waals surface area contributed by atoms with E-state index in [1.54, 1.807) is 0 Å². The van der Waals surface area contributed by atoms with E-state index in [0.717, 1.165) is 0 Å². The van der Waals surface area contributed by atoms with Gasteiger partial charge in [0, 0.05) is 5.69 Å². The van der Waals surface area contributed by atoms with Crippen molar-refractivity contribution >= 4 is 17.7 Å². The fourth-order valence-corrected chi connectivity index (χ4v) is 1.08. The second-order valence-electron chi connectivity index (χ2n) is 3.52. The van der Waals surface area contributed by atoms with Crippen LogP contribution in [-0.4, -0.2) is 36.6 Å². The molecule has 0 aromatic heterocycles. The van der Waals surface area contributed by atoms with Gasteiger partial charge in [0.15, 0.2) is 13.2 Å². The maximum absolute atomic E-state index is 11.8. The summed E-state index contributed by atoms with van der Waals surface area (Å²) >= 11 is 0. The molecule has 1 rings (SSSR count). The molecular formula is C11H10F3NO5. The fourth-order valence-electron chi connectivity index (χ4n) is 1.08. The van der Waals surface area contributed by atoms with Crippen LogP contribution in [0.25, 0.3) is 0 Å². The zero-order valence-corrected chi connectivity index (χ0v) is 9.94. The molecule has 0 saturated heterocycles. The molecule has 110 valence electrons. The highest BCUT2D eigenvalue weighted by molar-refractivity contribution is 5.84. The van der Waals surface area contributed by atoms with Crippen LogP contribution in [0, 0.1) is 0 Å². The maximum atomic E-state index is 11.8. The highest BCUT2D eigenvalue weighted by Crippen LogP contribution is 2.17. The summed E-state index contributed by atoms with van der Waals surface area (Å²) < 4.78 is 44.1. The van der Waals surface area contributed by atoms with Gasteiger partial charge in [-0.2, -0.15) is 13.2 Å². The number of aliphatic carboxylic acids is 1. The molecule has 0 radical (unpaired) electrons. The summed E-state index contributed by atoms with van der Waals surface area (Å²) in [5.41, 5.74) is 0.180. The van der Waals surface area contributed by atoms with Crippen molar-refractivity contribution in [1.82, 2.24) is 0 Å². The van der Waals surface area contributed by atoms with Crippen LogP contribution >= 0.6 is 0 Å². The fraction of sp³-hybridized carbons (Fsp3) is 0.273. The van der Waals surface area contributed by atoms with Crippen LogP contribution < -0.4 is 10.1 Å². The first kappa shape index (κ1) is 15.6. The summed E-state index contributed by atoms with van der Waals surface area (Å²) in [5, 5.41) is 10.5. The van der Waals surface area contributed by atoms with Gasteiger partial charge in [0.2, 0.25) is 0 Å². The van der Waals surface area contributed by atoms with Gasteiger partial charge in [0.05, 0.1) is 0 Å². The highest BCUT2D eigenvalue weighted by atomic mass is 19.4. The second-order valence-corrected chi connectivity index (χ2v) is 3.52. The first-order valence-corrected chi connectivity index (χ1v) is 5.21. The molecule has 0 bridgehead atoms. The lowest BCUT2D eigenvalue weighted by Gasteiger charge is -2.09. The minimum atomic E-state index is -4.59. The number of rotatable bonds is 5. The molecular weight excluding hydrogens is 283 g/mol. The molecule has 1 aromatic carbocycles. The smallest absolute Gasteiger partial charge is 0.422 e. The van der Waals surface area contributed by atoms with Crippen molar-refractivity contribution in [3.05, 3.63) is 24.3 Å². The number of carbonyl (C=O) groups is 2. The quantitative estimate of drug-likeness (QED) is 0.869. The molecule has 20 heavy (non-hydrogen) atoms. The van der Waals surface area contributed by atoms with Gasteiger partial charge < -0.3 is 14.6 Å². The third-order valence-corrected chi connectivity index (χ3v) is 1.83. The number of hydrogen-bond acceptors (Lipinski definition) is 4. The van der Waals surface area contributed by atoms with E-state index in [1.165, 1.54) is 24.3 Å².